The van der Waals surface area contributed by atoms with Crippen molar-refractivity contribution in [3.8, 4) is 5.75 Å². The molecule has 0 bridgehead atoms. The van der Waals surface area contributed by atoms with Crippen molar-refractivity contribution >= 4 is 29.6 Å². The molecule has 0 unspecified atom stereocenters. The predicted octanol–water partition coefficient (Wildman–Crippen LogP) is 2.23. The van der Waals surface area contributed by atoms with Gasteiger partial charge in [-0.1, -0.05) is 24.3 Å². The second kappa shape index (κ2) is 7.10. The van der Waals surface area contributed by atoms with Gasteiger partial charge in [0.05, 0.1) is 0 Å². The molecule has 7 heteroatoms. The summed E-state index contributed by atoms with van der Waals surface area (Å²) < 4.78 is 0. The van der Waals surface area contributed by atoms with E-state index in [1.807, 2.05) is 13.0 Å². The fourth-order valence-electron chi connectivity index (χ4n) is 2.52. The Bertz CT molecular complexity index is 903. The zero-order chi connectivity index (χ0) is 18.7. The number of nitrogens with one attached hydrogen (secondary N) is 2. The minimum Gasteiger partial charge on any atom is -0.508 e. The monoisotopic (exact) mass is 351 g/mol. The van der Waals surface area contributed by atoms with Gasteiger partial charge in [0, 0.05) is 5.69 Å². The molecule has 7 nitrogen and oxygen atoms in total. The first kappa shape index (κ1) is 17.2. The number of carbonyl (C=O) groups is 3. The lowest BCUT2D eigenvalue weighted by molar-refractivity contribution is -0.127. The van der Waals surface area contributed by atoms with Crippen LogP contribution >= 0.6 is 0 Å². The van der Waals surface area contributed by atoms with Gasteiger partial charge in [-0.3, -0.25) is 9.59 Å². The molecule has 0 aromatic heterocycles. The van der Waals surface area contributed by atoms with E-state index in [4.69, 9.17) is 0 Å². The van der Waals surface area contributed by atoms with Crippen molar-refractivity contribution in [2.24, 2.45) is 0 Å². The Morgan fingerprint density at radius 1 is 1.19 bits per heavy atom. The van der Waals surface area contributed by atoms with Crippen LogP contribution in [0.15, 0.2) is 54.2 Å². The largest absolute Gasteiger partial charge is 0.508 e. The molecule has 0 radical (unpaired) electrons. The van der Waals surface area contributed by atoms with Crippen molar-refractivity contribution in [3.05, 3.63) is 65.4 Å². The first-order chi connectivity index (χ1) is 12.4. The van der Waals surface area contributed by atoms with Crippen LogP contribution in [0.4, 0.5) is 10.5 Å². The molecule has 1 heterocycles. The number of anilines is 1. The molecule has 1 fully saturated rings. The van der Waals surface area contributed by atoms with E-state index >= 15 is 0 Å². The van der Waals surface area contributed by atoms with Crippen LogP contribution in [0, 0.1) is 6.92 Å². The summed E-state index contributed by atoms with van der Waals surface area (Å²) in [6.45, 7) is 1.51. The average molecular weight is 351 g/mol. The van der Waals surface area contributed by atoms with Crippen molar-refractivity contribution in [1.29, 1.82) is 0 Å². The molecule has 0 spiro atoms. The quantitative estimate of drug-likeness (QED) is 0.581. The van der Waals surface area contributed by atoms with Gasteiger partial charge in [0.25, 0.3) is 5.91 Å². The van der Waals surface area contributed by atoms with E-state index in [9.17, 15) is 19.5 Å². The van der Waals surface area contributed by atoms with E-state index in [-0.39, 0.29) is 18.0 Å². The summed E-state index contributed by atoms with van der Waals surface area (Å²) in [7, 11) is 0. The molecule has 1 aliphatic rings. The van der Waals surface area contributed by atoms with Gasteiger partial charge in [0.2, 0.25) is 5.91 Å². The van der Waals surface area contributed by atoms with Gasteiger partial charge < -0.3 is 15.7 Å². The first-order valence-electron chi connectivity index (χ1n) is 7.92. The number of aryl methyl sites for hydroxylation is 1. The Hall–Kier alpha value is -3.61. The number of phenols is 1. The van der Waals surface area contributed by atoms with Crippen molar-refractivity contribution in [1.82, 2.24) is 10.2 Å². The molecule has 1 saturated heterocycles. The molecule has 4 amide bonds. The summed E-state index contributed by atoms with van der Waals surface area (Å²) in [6, 6.07) is 12.7. The molecule has 1 aliphatic heterocycles. The number of carbonyl (C=O) groups excluding carboxylic acids is 3. The van der Waals surface area contributed by atoms with Crippen LogP contribution in [0.3, 0.4) is 0 Å². The highest BCUT2D eigenvalue weighted by atomic mass is 16.3. The summed E-state index contributed by atoms with van der Waals surface area (Å²) in [4.78, 5) is 37.4. The number of urea groups is 1. The average Bonchev–Trinajstić information content (AvgIpc) is 2.84. The number of amides is 4. The molecule has 0 saturated carbocycles. The maximum absolute atomic E-state index is 12.4. The third-order valence-corrected chi connectivity index (χ3v) is 3.77. The summed E-state index contributed by atoms with van der Waals surface area (Å²) >= 11 is 0. The van der Waals surface area contributed by atoms with Crippen LogP contribution in [0.1, 0.15) is 11.1 Å². The summed E-state index contributed by atoms with van der Waals surface area (Å²) in [5.41, 5.74) is 2.29. The van der Waals surface area contributed by atoms with E-state index in [0.717, 1.165) is 10.5 Å². The number of hydrogen-bond donors (Lipinski definition) is 3. The number of aromatic hydroxyl groups is 1. The normalized spacial score (nSPS) is 15.3. The molecule has 0 aliphatic carbocycles. The van der Waals surface area contributed by atoms with Crippen molar-refractivity contribution in [2.75, 3.05) is 11.9 Å². The minimum absolute atomic E-state index is 0.0732. The van der Waals surface area contributed by atoms with Gasteiger partial charge in [-0.15, -0.1) is 0 Å². The molecular weight excluding hydrogens is 334 g/mol. The van der Waals surface area contributed by atoms with E-state index in [2.05, 4.69) is 10.6 Å². The lowest BCUT2D eigenvalue weighted by Gasteiger charge is -2.12. The number of rotatable bonds is 4. The van der Waals surface area contributed by atoms with Gasteiger partial charge in [-0.05, 0) is 48.4 Å². The molecule has 0 atom stereocenters. The lowest BCUT2D eigenvalue weighted by atomic mass is 10.2. The fraction of sp³-hybridized carbons (Fsp3) is 0.105. The molecule has 2 aromatic rings. The fourth-order valence-corrected chi connectivity index (χ4v) is 2.52. The van der Waals surface area contributed by atoms with Gasteiger partial charge in [-0.25, -0.2) is 9.69 Å². The lowest BCUT2D eigenvalue weighted by Crippen LogP contribution is -2.38. The third kappa shape index (κ3) is 3.89. The Labute approximate surface area is 149 Å². The topological polar surface area (TPSA) is 98.7 Å². The van der Waals surface area contributed by atoms with Crippen LogP contribution in [0.2, 0.25) is 0 Å². The molecular formula is C19H17N3O4. The smallest absolute Gasteiger partial charge is 0.329 e. The van der Waals surface area contributed by atoms with Gasteiger partial charge in [-0.2, -0.15) is 0 Å². The molecule has 26 heavy (non-hydrogen) atoms. The first-order valence-corrected chi connectivity index (χ1v) is 7.92. The van der Waals surface area contributed by atoms with E-state index in [1.165, 1.54) is 18.2 Å². The molecule has 3 N–H and O–H groups in total. The Morgan fingerprint density at radius 3 is 2.62 bits per heavy atom. The van der Waals surface area contributed by atoms with Gasteiger partial charge in [0.1, 0.15) is 18.0 Å². The summed E-state index contributed by atoms with van der Waals surface area (Å²) in [5.74, 6) is -0.948. The van der Waals surface area contributed by atoms with Crippen molar-refractivity contribution < 1.29 is 19.5 Å². The van der Waals surface area contributed by atoms with E-state index < -0.39 is 17.8 Å². The SMILES string of the molecule is Cc1cccc(NC(=O)CN2C(=O)NC(=Cc3ccc(O)cc3)C2=O)c1. The highest BCUT2D eigenvalue weighted by Crippen LogP contribution is 2.17. The molecule has 3 rings (SSSR count). The Balaban J connectivity index is 1.69. The van der Waals surface area contributed by atoms with Crippen LogP contribution in [0.5, 0.6) is 5.75 Å². The number of benzene rings is 2. The van der Waals surface area contributed by atoms with Gasteiger partial charge >= 0.3 is 6.03 Å². The van der Waals surface area contributed by atoms with Gasteiger partial charge in [0.15, 0.2) is 0 Å². The number of phenolic OH excluding ortho intramolecular Hbond substituents is 1. The van der Waals surface area contributed by atoms with Crippen LogP contribution < -0.4 is 10.6 Å². The molecule has 132 valence electrons. The van der Waals surface area contributed by atoms with Crippen LogP contribution in [-0.2, 0) is 9.59 Å². The Kier molecular flexibility index (Phi) is 4.70. The predicted molar refractivity (Wildman–Crippen MR) is 96.1 cm³/mol. The zero-order valence-electron chi connectivity index (χ0n) is 14.0. The highest BCUT2D eigenvalue weighted by molar-refractivity contribution is 6.15. The number of imide groups is 1. The maximum Gasteiger partial charge on any atom is 0.329 e. The summed E-state index contributed by atoms with van der Waals surface area (Å²) in [6.07, 6.45) is 1.48. The zero-order valence-corrected chi connectivity index (χ0v) is 14.0. The van der Waals surface area contributed by atoms with Crippen LogP contribution in [-0.4, -0.2) is 34.4 Å². The van der Waals surface area contributed by atoms with Crippen LogP contribution in [0.25, 0.3) is 6.08 Å². The highest BCUT2D eigenvalue weighted by Gasteiger charge is 2.34. The van der Waals surface area contributed by atoms with Crippen molar-refractivity contribution in [2.45, 2.75) is 6.92 Å². The Morgan fingerprint density at radius 2 is 1.92 bits per heavy atom. The third-order valence-electron chi connectivity index (χ3n) is 3.77. The maximum atomic E-state index is 12.4. The minimum atomic E-state index is -0.653. The number of hydrogen-bond acceptors (Lipinski definition) is 4. The second-order valence-corrected chi connectivity index (χ2v) is 5.89. The molecule has 2 aromatic carbocycles. The summed E-state index contributed by atoms with van der Waals surface area (Å²) in [5, 5.41) is 14.4. The number of nitrogens with zero attached hydrogens (tertiary/aromatic N) is 1. The standard InChI is InChI=1S/C19H17N3O4/c1-12-3-2-4-14(9-12)20-17(24)11-22-18(25)16(21-19(22)26)10-13-5-7-15(23)8-6-13/h2-10,23H,11H2,1H3,(H,20,24)(H,21,26). The second-order valence-electron chi connectivity index (χ2n) is 5.89. The van der Waals surface area contributed by atoms with Crippen molar-refractivity contribution in [3.63, 3.8) is 0 Å². The van der Waals surface area contributed by atoms with E-state index in [1.54, 1.807) is 30.3 Å². The van der Waals surface area contributed by atoms with E-state index in [0.29, 0.717) is 11.3 Å².